The summed E-state index contributed by atoms with van der Waals surface area (Å²) in [6.07, 6.45) is 2.30. The molecule has 1 atom stereocenters. The lowest BCUT2D eigenvalue weighted by molar-refractivity contribution is -0.0165. The van der Waals surface area contributed by atoms with E-state index in [1.807, 2.05) is 0 Å². The summed E-state index contributed by atoms with van der Waals surface area (Å²) < 4.78 is 5.35. The molecule has 0 spiro atoms. The van der Waals surface area contributed by atoms with Gasteiger partial charge >= 0.3 is 0 Å². The van der Waals surface area contributed by atoms with E-state index in [9.17, 15) is 5.21 Å². The highest BCUT2D eigenvalue weighted by Gasteiger charge is 2.12. The summed E-state index contributed by atoms with van der Waals surface area (Å²) in [5.74, 6) is 0. The van der Waals surface area contributed by atoms with E-state index in [4.69, 9.17) is 4.74 Å². The van der Waals surface area contributed by atoms with E-state index in [1.54, 1.807) is 0 Å². The predicted octanol–water partition coefficient (Wildman–Crippen LogP) is 0.985. The minimum atomic E-state index is 0.191. The summed E-state index contributed by atoms with van der Waals surface area (Å²) >= 11 is 0. The molecule has 0 aromatic heterocycles. The van der Waals surface area contributed by atoms with Crippen LogP contribution < -0.4 is 0 Å². The van der Waals surface area contributed by atoms with Gasteiger partial charge in [-0.1, -0.05) is 13.3 Å². The van der Waals surface area contributed by atoms with E-state index in [0.717, 1.165) is 17.9 Å². The fourth-order valence-electron chi connectivity index (χ4n) is 1.19. The molecule has 0 aromatic carbocycles. The highest BCUT2D eigenvalue weighted by Crippen LogP contribution is 2.08. The van der Waals surface area contributed by atoms with Gasteiger partial charge in [0.15, 0.2) is 0 Å². The van der Waals surface area contributed by atoms with Crippen molar-refractivity contribution in [1.29, 1.82) is 0 Å². The van der Waals surface area contributed by atoms with Crippen LogP contribution in [0, 0.1) is 5.21 Å². The van der Waals surface area contributed by atoms with Gasteiger partial charge in [0.05, 0.1) is 12.7 Å². The fraction of sp³-hybridized carbons (Fsp3) is 1.00. The van der Waals surface area contributed by atoms with E-state index >= 15 is 0 Å². The number of morpholine rings is 1. The zero-order valence-corrected chi connectivity index (χ0v) is 6.38. The van der Waals surface area contributed by atoms with Gasteiger partial charge in [-0.25, -0.2) is 0 Å². The molecule has 1 aliphatic heterocycles. The average molecular weight is 144 g/mol. The number of ether oxygens (including phenoxy) is 1. The maximum absolute atomic E-state index is 10.8. The van der Waals surface area contributed by atoms with E-state index in [0.29, 0.717) is 19.7 Å². The SMILES string of the molecule is CCCC1CN([O-])CCO1. The number of hydrogen-bond acceptors (Lipinski definition) is 3. The van der Waals surface area contributed by atoms with Crippen LogP contribution in [-0.4, -0.2) is 30.9 Å². The normalized spacial score (nSPS) is 28.8. The van der Waals surface area contributed by atoms with Crippen LogP contribution in [0.15, 0.2) is 0 Å². The lowest BCUT2D eigenvalue weighted by atomic mass is 10.2. The Balaban J connectivity index is 2.18. The molecule has 0 amide bonds. The van der Waals surface area contributed by atoms with Crippen molar-refractivity contribution in [1.82, 2.24) is 5.06 Å². The zero-order valence-electron chi connectivity index (χ0n) is 6.38. The Kier molecular flexibility index (Phi) is 3.12. The highest BCUT2D eigenvalue weighted by atomic mass is 16.5. The third-order valence-corrected chi connectivity index (χ3v) is 1.71. The van der Waals surface area contributed by atoms with Crippen molar-refractivity contribution in [3.05, 3.63) is 5.21 Å². The standard InChI is InChI=1S/C7H14NO2/c1-2-3-7-6-8(9)4-5-10-7/h7H,2-6H2,1H3/q-1. The first kappa shape index (κ1) is 7.98. The van der Waals surface area contributed by atoms with Gasteiger partial charge in [-0.05, 0) is 6.42 Å². The third-order valence-electron chi connectivity index (χ3n) is 1.71. The van der Waals surface area contributed by atoms with Crippen molar-refractivity contribution in [2.75, 3.05) is 19.7 Å². The van der Waals surface area contributed by atoms with Crippen LogP contribution in [0.5, 0.6) is 0 Å². The molecule has 0 radical (unpaired) electrons. The highest BCUT2D eigenvalue weighted by molar-refractivity contribution is 4.70. The number of nitrogens with zero attached hydrogens (tertiary/aromatic N) is 1. The molecule has 1 saturated heterocycles. The van der Waals surface area contributed by atoms with E-state index < -0.39 is 0 Å². The molecule has 1 rings (SSSR count). The van der Waals surface area contributed by atoms with Crippen LogP contribution in [0.3, 0.4) is 0 Å². The van der Waals surface area contributed by atoms with Gasteiger partial charge in [0, 0.05) is 13.1 Å². The average Bonchev–Trinajstić information content (AvgIpc) is 1.88. The molecule has 1 heterocycles. The quantitative estimate of drug-likeness (QED) is 0.579. The molecular formula is C7H14NO2-. The second kappa shape index (κ2) is 3.91. The third kappa shape index (κ3) is 2.25. The lowest BCUT2D eigenvalue weighted by Crippen LogP contribution is -2.38. The van der Waals surface area contributed by atoms with Crippen molar-refractivity contribution in [2.24, 2.45) is 0 Å². The van der Waals surface area contributed by atoms with Crippen molar-refractivity contribution in [3.63, 3.8) is 0 Å². The number of rotatable bonds is 2. The van der Waals surface area contributed by atoms with Crippen molar-refractivity contribution in [2.45, 2.75) is 25.9 Å². The molecule has 1 unspecified atom stereocenters. The molecule has 0 aromatic rings. The Labute approximate surface area is 61.5 Å². The lowest BCUT2D eigenvalue weighted by Gasteiger charge is -2.37. The van der Waals surface area contributed by atoms with Gasteiger partial charge in [-0.3, -0.25) is 0 Å². The topological polar surface area (TPSA) is 35.5 Å². The summed E-state index contributed by atoms with van der Waals surface area (Å²) in [5, 5.41) is 11.9. The smallest absolute Gasteiger partial charge is 0.0693 e. The minimum absolute atomic E-state index is 0.191. The predicted molar refractivity (Wildman–Crippen MR) is 39.6 cm³/mol. The molecule has 1 fully saturated rings. The Bertz CT molecular complexity index is 95.6. The summed E-state index contributed by atoms with van der Waals surface area (Å²) in [7, 11) is 0. The summed E-state index contributed by atoms with van der Waals surface area (Å²) in [6.45, 7) is 3.81. The first-order chi connectivity index (χ1) is 4.83. The van der Waals surface area contributed by atoms with E-state index in [2.05, 4.69) is 6.92 Å². The molecule has 0 aliphatic carbocycles. The minimum Gasteiger partial charge on any atom is -0.785 e. The molecule has 0 bridgehead atoms. The van der Waals surface area contributed by atoms with Crippen molar-refractivity contribution in [3.8, 4) is 0 Å². The Morgan fingerprint density at radius 3 is 3.10 bits per heavy atom. The summed E-state index contributed by atoms with van der Waals surface area (Å²) in [4.78, 5) is 0. The largest absolute Gasteiger partial charge is 0.785 e. The van der Waals surface area contributed by atoms with Crippen LogP contribution in [0.25, 0.3) is 0 Å². The van der Waals surface area contributed by atoms with Gasteiger partial charge in [-0.2, -0.15) is 0 Å². The van der Waals surface area contributed by atoms with Gasteiger partial charge < -0.3 is 15.0 Å². The molecule has 0 saturated carbocycles. The van der Waals surface area contributed by atoms with Crippen LogP contribution >= 0.6 is 0 Å². The summed E-state index contributed by atoms with van der Waals surface area (Å²) in [6, 6.07) is 0. The van der Waals surface area contributed by atoms with Crippen LogP contribution in [0.1, 0.15) is 19.8 Å². The van der Waals surface area contributed by atoms with Crippen molar-refractivity contribution >= 4 is 0 Å². The maximum atomic E-state index is 10.8. The van der Waals surface area contributed by atoms with Gasteiger partial charge in [0.2, 0.25) is 0 Å². The van der Waals surface area contributed by atoms with Gasteiger partial charge in [0.25, 0.3) is 0 Å². The monoisotopic (exact) mass is 144 g/mol. The maximum Gasteiger partial charge on any atom is 0.0693 e. The van der Waals surface area contributed by atoms with Gasteiger partial charge in [-0.15, -0.1) is 0 Å². The second-order valence-corrected chi connectivity index (χ2v) is 2.67. The molecular weight excluding hydrogens is 130 g/mol. The molecule has 60 valence electrons. The molecule has 0 N–H and O–H groups in total. The second-order valence-electron chi connectivity index (χ2n) is 2.67. The zero-order chi connectivity index (χ0) is 7.40. The van der Waals surface area contributed by atoms with Crippen LogP contribution in [0.4, 0.5) is 0 Å². The van der Waals surface area contributed by atoms with Gasteiger partial charge in [0.1, 0.15) is 0 Å². The Morgan fingerprint density at radius 1 is 1.70 bits per heavy atom. The van der Waals surface area contributed by atoms with E-state index in [-0.39, 0.29) is 6.10 Å². The summed E-state index contributed by atoms with van der Waals surface area (Å²) in [5.41, 5.74) is 0. The Hall–Kier alpha value is -0.120. The van der Waals surface area contributed by atoms with E-state index in [1.165, 1.54) is 0 Å². The number of hydroxylamine groups is 2. The molecule has 3 heteroatoms. The van der Waals surface area contributed by atoms with Crippen LogP contribution in [0.2, 0.25) is 0 Å². The first-order valence-electron chi connectivity index (χ1n) is 3.86. The molecule has 10 heavy (non-hydrogen) atoms. The first-order valence-corrected chi connectivity index (χ1v) is 3.86. The molecule has 1 aliphatic rings. The number of hydrogen-bond donors (Lipinski definition) is 0. The molecule has 3 nitrogen and oxygen atoms in total. The van der Waals surface area contributed by atoms with Crippen molar-refractivity contribution < 1.29 is 4.74 Å². The Morgan fingerprint density at radius 2 is 2.50 bits per heavy atom. The fourth-order valence-corrected chi connectivity index (χ4v) is 1.19. The van der Waals surface area contributed by atoms with Crippen LogP contribution in [-0.2, 0) is 4.74 Å².